The van der Waals surface area contributed by atoms with Crippen molar-refractivity contribution >= 4 is 30.4 Å². The van der Waals surface area contributed by atoms with Gasteiger partial charge in [0.2, 0.25) is 0 Å². The predicted octanol–water partition coefficient (Wildman–Crippen LogP) is 7.66. The monoisotopic (exact) mass is 513 g/mol. The third-order valence-electron chi connectivity index (χ3n) is 6.80. The van der Waals surface area contributed by atoms with Crippen molar-refractivity contribution in [2.75, 3.05) is 0 Å². The third kappa shape index (κ3) is 7.75. The third-order valence-corrected chi connectivity index (χ3v) is 26.4. The van der Waals surface area contributed by atoms with E-state index in [9.17, 15) is 0 Å². The van der Waals surface area contributed by atoms with Crippen molar-refractivity contribution in [1.82, 2.24) is 4.98 Å². The molecule has 4 heteroatoms. The second kappa shape index (κ2) is 12.1. The normalized spacial score (nSPS) is 13.1. The summed E-state index contributed by atoms with van der Waals surface area (Å²) in [7, 11) is -1.71. The average molecular weight is 512 g/mol. The van der Waals surface area contributed by atoms with Crippen LogP contribution < -0.4 is 3.71 Å². The molecule has 0 spiro atoms. The molecule has 2 nitrogen and oxygen atoms in total. The first-order valence-electron chi connectivity index (χ1n) is 11.7. The van der Waals surface area contributed by atoms with Gasteiger partial charge in [-0.05, 0) is 0 Å². The summed E-state index contributed by atoms with van der Waals surface area (Å²) in [4.78, 5) is 5.10. The molecule has 0 bridgehead atoms. The number of unbranched alkanes of at least 4 members (excludes halogenated alkanes) is 3. The summed E-state index contributed by atoms with van der Waals surface area (Å²) in [5.74, 6) is 0. The molecule has 0 N–H and O–H groups in total. The maximum atomic E-state index is 6.42. The predicted molar refractivity (Wildman–Crippen MR) is 131 cm³/mol. The SMILES string of the molecule is CCC[CH2][Sn]([CH2]CCC)([CH2]CCC)[c]1ccc(CO[Si](C)(C)C(C)(C)C)cn1. The van der Waals surface area contributed by atoms with Crippen molar-refractivity contribution in [3.63, 3.8) is 0 Å². The number of rotatable bonds is 13. The van der Waals surface area contributed by atoms with Crippen molar-refractivity contribution in [1.29, 1.82) is 0 Å². The van der Waals surface area contributed by atoms with E-state index in [1.807, 2.05) is 0 Å². The van der Waals surface area contributed by atoms with Gasteiger partial charge in [0.1, 0.15) is 0 Å². The van der Waals surface area contributed by atoms with Crippen molar-refractivity contribution in [3.8, 4) is 0 Å². The summed E-state index contributed by atoms with van der Waals surface area (Å²) in [5, 5.41) is 0.256. The zero-order chi connectivity index (χ0) is 21.3. The van der Waals surface area contributed by atoms with Gasteiger partial charge in [-0.2, -0.15) is 0 Å². The molecule has 1 rings (SSSR count). The zero-order valence-corrected chi connectivity index (χ0v) is 24.0. The van der Waals surface area contributed by atoms with Crippen LogP contribution in [0.4, 0.5) is 0 Å². The first-order valence-corrected chi connectivity index (χ1v) is 22.1. The van der Waals surface area contributed by atoms with E-state index in [1.165, 1.54) is 61.1 Å². The van der Waals surface area contributed by atoms with E-state index >= 15 is 0 Å². The fourth-order valence-electron chi connectivity index (χ4n) is 3.61. The van der Waals surface area contributed by atoms with Crippen LogP contribution in [0.2, 0.25) is 31.4 Å². The fraction of sp³-hybridized carbons (Fsp3) is 0.792. The van der Waals surface area contributed by atoms with Gasteiger partial charge in [-0.15, -0.1) is 0 Å². The molecule has 0 amide bonds. The molecule has 0 aliphatic rings. The van der Waals surface area contributed by atoms with Crippen LogP contribution in [0.15, 0.2) is 18.3 Å². The number of nitrogens with zero attached hydrogens (tertiary/aromatic N) is 1. The zero-order valence-electron chi connectivity index (χ0n) is 20.2. The van der Waals surface area contributed by atoms with Gasteiger partial charge < -0.3 is 0 Å². The van der Waals surface area contributed by atoms with Crippen LogP contribution >= 0.6 is 0 Å². The molecule has 0 aliphatic carbocycles. The van der Waals surface area contributed by atoms with E-state index < -0.39 is 26.7 Å². The molecule has 1 aromatic rings. The van der Waals surface area contributed by atoms with Gasteiger partial charge in [-0.1, -0.05) is 0 Å². The Morgan fingerprint density at radius 3 is 1.75 bits per heavy atom. The van der Waals surface area contributed by atoms with Crippen molar-refractivity contribution in [2.45, 2.75) is 118 Å². The molecule has 0 aliphatic heterocycles. The first-order chi connectivity index (χ1) is 13.1. The van der Waals surface area contributed by atoms with E-state index in [1.54, 1.807) is 0 Å². The van der Waals surface area contributed by atoms with Gasteiger partial charge in [0.25, 0.3) is 0 Å². The quantitative estimate of drug-likeness (QED) is 0.253. The minimum absolute atomic E-state index is 0.256. The molecular weight excluding hydrogens is 465 g/mol. The van der Waals surface area contributed by atoms with Gasteiger partial charge >= 0.3 is 182 Å². The standard InChI is InChI=1S/C12H20NOSi.3C4H9.Sn/c1-12(2,3)15(4,5)14-10-11-7-6-8-13-9-11;3*1-3-4-2;/h6-7,9H,10H2,1-5H3;3*1,3-4H2,2H3;. The molecule has 1 heterocycles. The molecule has 0 unspecified atom stereocenters. The molecule has 0 aromatic carbocycles. The van der Waals surface area contributed by atoms with Crippen molar-refractivity contribution in [3.05, 3.63) is 23.9 Å². The molecule has 1 aromatic heterocycles. The van der Waals surface area contributed by atoms with Crippen molar-refractivity contribution in [2.24, 2.45) is 0 Å². The molecule has 28 heavy (non-hydrogen) atoms. The Hall–Kier alpha value is 0.126. The summed E-state index contributed by atoms with van der Waals surface area (Å²) in [6.07, 6.45) is 10.3. The fourth-order valence-corrected chi connectivity index (χ4v) is 19.9. The van der Waals surface area contributed by atoms with Crippen LogP contribution in [-0.4, -0.2) is 31.7 Å². The Balaban J connectivity index is 2.99. The van der Waals surface area contributed by atoms with E-state index in [0.717, 1.165) is 0 Å². The summed E-state index contributed by atoms with van der Waals surface area (Å²) in [5.41, 5.74) is 1.25. The van der Waals surface area contributed by atoms with E-state index in [2.05, 4.69) is 73.0 Å². The Bertz CT molecular complexity index is 529. The number of hydrogen-bond acceptors (Lipinski definition) is 2. The van der Waals surface area contributed by atoms with Crippen LogP contribution in [-0.2, 0) is 11.0 Å². The number of pyridine rings is 1. The Kier molecular flexibility index (Phi) is 11.3. The van der Waals surface area contributed by atoms with E-state index in [-0.39, 0.29) is 5.04 Å². The van der Waals surface area contributed by atoms with Crippen LogP contribution in [0.25, 0.3) is 0 Å². The van der Waals surface area contributed by atoms with Crippen LogP contribution in [0.5, 0.6) is 0 Å². The molecule has 0 atom stereocenters. The second-order valence-corrected chi connectivity index (χ2v) is 28.1. The number of aromatic nitrogens is 1. The topological polar surface area (TPSA) is 22.1 Å². The summed E-state index contributed by atoms with van der Waals surface area (Å²) in [6, 6.07) is 4.73. The molecule has 0 radical (unpaired) electrons. The van der Waals surface area contributed by atoms with Crippen molar-refractivity contribution < 1.29 is 4.43 Å². The molecule has 0 fully saturated rings. The first kappa shape index (κ1) is 26.2. The summed E-state index contributed by atoms with van der Waals surface area (Å²) >= 11 is -2.39. The molecular formula is C24H47NOSiSn. The maximum absolute atomic E-state index is 6.42. The van der Waals surface area contributed by atoms with Gasteiger partial charge in [0, 0.05) is 0 Å². The molecule has 0 saturated heterocycles. The van der Waals surface area contributed by atoms with Gasteiger partial charge in [0.05, 0.1) is 0 Å². The Morgan fingerprint density at radius 2 is 1.39 bits per heavy atom. The van der Waals surface area contributed by atoms with E-state index in [4.69, 9.17) is 9.41 Å². The second-order valence-electron chi connectivity index (χ2n) is 10.2. The Labute approximate surface area is 181 Å². The van der Waals surface area contributed by atoms with Gasteiger partial charge in [0.15, 0.2) is 0 Å². The van der Waals surface area contributed by atoms with Gasteiger partial charge in [-0.25, -0.2) is 0 Å². The molecule has 0 saturated carbocycles. The minimum atomic E-state index is -2.39. The van der Waals surface area contributed by atoms with Crippen LogP contribution in [0, 0.1) is 0 Å². The average Bonchev–Trinajstić information content (AvgIpc) is 2.66. The summed E-state index contributed by atoms with van der Waals surface area (Å²) in [6.45, 7) is 19.3. The van der Waals surface area contributed by atoms with Gasteiger partial charge in [-0.3, -0.25) is 0 Å². The van der Waals surface area contributed by atoms with E-state index in [0.29, 0.717) is 6.61 Å². The molecule has 162 valence electrons. The van der Waals surface area contributed by atoms with Crippen LogP contribution in [0.1, 0.15) is 85.6 Å². The Morgan fingerprint density at radius 1 is 0.893 bits per heavy atom. The number of hydrogen-bond donors (Lipinski definition) is 0. The summed E-state index contributed by atoms with van der Waals surface area (Å²) < 4.78 is 12.4. The van der Waals surface area contributed by atoms with Crippen LogP contribution in [0.3, 0.4) is 0 Å².